The fourth-order valence-electron chi connectivity index (χ4n) is 2.06. The predicted molar refractivity (Wildman–Crippen MR) is 61.8 cm³/mol. The van der Waals surface area contributed by atoms with Crippen molar-refractivity contribution >= 4 is 16.9 Å². The van der Waals surface area contributed by atoms with Crippen LogP contribution < -0.4 is 5.73 Å². The van der Waals surface area contributed by atoms with Gasteiger partial charge in [-0.05, 0) is 33.3 Å². The van der Waals surface area contributed by atoms with Crippen LogP contribution in [0.5, 0.6) is 0 Å². The summed E-state index contributed by atoms with van der Waals surface area (Å²) in [5.41, 5.74) is 9.29. The van der Waals surface area contributed by atoms with Crippen molar-refractivity contribution in [1.29, 1.82) is 0 Å². The van der Waals surface area contributed by atoms with Crippen LogP contribution in [-0.2, 0) is 6.54 Å². The molecule has 0 saturated carbocycles. The number of aromatic nitrogens is 3. The first kappa shape index (κ1) is 9.96. The number of nitrogen functional groups attached to an aromatic ring is 1. The number of rotatable bonds is 1. The van der Waals surface area contributed by atoms with Crippen LogP contribution in [0.3, 0.4) is 0 Å². The summed E-state index contributed by atoms with van der Waals surface area (Å²) in [5, 5.41) is 1.000. The van der Waals surface area contributed by atoms with Crippen molar-refractivity contribution in [2.75, 3.05) is 5.73 Å². The van der Waals surface area contributed by atoms with E-state index < -0.39 is 0 Å². The lowest BCUT2D eigenvalue weighted by molar-refractivity contribution is 0.755. The molecular formula is C11H16N4. The lowest BCUT2D eigenvalue weighted by atomic mass is 10.2. The van der Waals surface area contributed by atoms with E-state index in [9.17, 15) is 0 Å². The Morgan fingerprint density at radius 2 is 1.87 bits per heavy atom. The maximum absolute atomic E-state index is 5.93. The summed E-state index contributed by atoms with van der Waals surface area (Å²) in [5.74, 6) is 1.32. The molecule has 0 bridgehead atoms. The van der Waals surface area contributed by atoms with Gasteiger partial charge in [-0.2, -0.15) is 0 Å². The summed E-state index contributed by atoms with van der Waals surface area (Å²) in [6.45, 7) is 9.05. The van der Waals surface area contributed by atoms with E-state index in [2.05, 4.69) is 35.3 Å². The fourth-order valence-corrected chi connectivity index (χ4v) is 2.06. The van der Waals surface area contributed by atoms with Gasteiger partial charge in [0.2, 0.25) is 0 Å². The lowest BCUT2D eigenvalue weighted by Crippen LogP contribution is -2.01. The molecule has 0 aliphatic carbocycles. The first-order valence-electron chi connectivity index (χ1n) is 5.15. The third-order valence-corrected chi connectivity index (χ3v) is 2.92. The van der Waals surface area contributed by atoms with Gasteiger partial charge in [-0.3, -0.25) is 0 Å². The highest BCUT2D eigenvalue weighted by Gasteiger charge is 2.14. The molecule has 2 aromatic heterocycles. The molecule has 15 heavy (non-hydrogen) atoms. The van der Waals surface area contributed by atoms with E-state index in [1.165, 1.54) is 11.3 Å². The van der Waals surface area contributed by atoms with Gasteiger partial charge in [-0.25, -0.2) is 9.97 Å². The molecule has 0 aromatic carbocycles. The van der Waals surface area contributed by atoms with Crippen molar-refractivity contribution in [3.63, 3.8) is 0 Å². The molecule has 0 unspecified atom stereocenters. The number of anilines is 1. The van der Waals surface area contributed by atoms with Crippen LogP contribution in [0.4, 0.5) is 5.82 Å². The monoisotopic (exact) mass is 204 g/mol. The standard InChI is InChI=1S/C11H16N4/c1-5-15-7(3)6(2)9-10(12)13-8(4)14-11(9)15/h5H2,1-4H3,(H2,12,13,14). The van der Waals surface area contributed by atoms with E-state index in [1.807, 2.05) is 6.92 Å². The van der Waals surface area contributed by atoms with E-state index in [0.29, 0.717) is 5.82 Å². The molecule has 2 N–H and O–H groups in total. The molecule has 0 radical (unpaired) electrons. The van der Waals surface area contributed by atoms with E-state index in [-0.39, 0.29) is 0 Å². The second-order valence-corrected chi connectivity index (χ2v) is 3.81. The molecule has 0 aliphatic rings. The van der Waals surface area contributed by atoms with Gasteiger partial charge in [0.25, 0.3) is 0 Å². The zero-order valence-electron chi connectivity index (χ0n) is 9.63. The van der Waals surface area contributed by atoms with Crippen LogP contribution in [0, 0.1) is 20.8 Å². The molecule has 0 aliphatic heterocycles. The molecule has 0 atom stereocenters. The third-order valence-electron chi connectivity index (χ3n) is 2.92. The van der Waals surface area contributed by atoms with Crippen LogP contribution in [0.25, 0.3) is 11.0 Å². The molecular weight excluding hydrogens is 188 g/mol. The Kier molecular flexibility index (Phi) is 2.14. The van der Waals surface area contributed by atoms with Crippen molar-refractivity contribution in [2.45, 2.75) is 34.2 Å². The quantitative estimate of drug-likeness (QED) is 0.772. The maximum atomic E-state index is 5.93. The van der Waals surface area contributed by atoms with Gasteiger partial charge in [0.15, 0.2) is 0 Å². The Hall–Kier alpha value is -1.58. The van der Waals surface area contributed by atoms with Crippen molar-refractivity contribution in [3.05, 3.63) is 17.1 Å². The molecule has 80 valence electrons. The van der Waals surface area contributed by atoms with E-state index in [1.54, 1.807) is 0 Å². The minimum absolute atomic E-state index is 0.588. The topological polar surface area (TPSA) is 56.7 Å². The van der Waals surface area contributed by atoms with Gasteiger partial charge < -0.3 is 10.3 Å². The number of hydrogen-bond donors (Lipinski definition) is 1. The van der Waals surface area contributed by atoms with Crippen molar-refractivity contribution in [1.82, 2.24) is 14.5 Å². The van der Waals surface area contributed by atoms with Crippen molar-refractivity contribution < 1.29 is 0 Å². The highest BCUT2D eigenvalue weighted by Crippen LogP contribution is 2.27. The van der Waals surface area contributed by atoms with E-state index in [0.717, 1.165) is 23.4 Å². The largest absolute Gasteiger partial charge is 0.383 e. The summed E-state index contributed by atoms with van der Waals surface area (Å²) in [6, 6.07) is 0. The summed E-state index contributed by atoms with van der Waals surface area (Å²) in [6.07, 6.45) is 0. The zero-order chi connectivity index (χ0) is 11.2. The third kappa shape index (κ3) is 1.28. The molecule has 0 spiro atoms. The highest BCUT2D eigenvalue weighted by atomic mass is 15.1. The Labute approximate surface area is 89.1 Å². The first-order chi connectivity index (χ1) is 7.06. The highest BCUT2D eigenvalue weighted by molar-refractivity contribution is 5.91. The molecule has 0 amide bonds. The number of hydrogen-bond acceptors (Lipinski definition) is 3. The second-order valence-electron chi connectivity index (χ2n) is 3.81. The summed E-state index contributed by atoms with van der Waals surface area (Å²) < 4.78 is 2.18. The van der Waals surface area contributed by atoms with Crippen LogP contribution in [0.1, 0.15) is 24.0 Å². The Balaban J connectivity index is 2.97. The first-order valence-corrected chi connectivity index (χ1v) is 5.15. The van der Waals surface area contributed by atoms with E-state index >= 15 is 0 Å². The average molecular weight is 204 g/mol. The molecule has 2 heterocycles. The number of aryl methyl sites for hydroxylation is 3. The molecule has 2 aromatic rings. The van der Waals surface area contributed by atoms with Crippen LogP contribution in [0.15, 0.2) is 0 Å². The number of nitrogens with two attached hydrogens (primary N) is 1. The van der Waals surface area contributed by atoms with Gasteiger partial charge in [0.05, 0.1) is 5.39 Å². The number of fused-ring (bicyclic) bond motifs is 1. The number of nitrogens with zero attached hydrogens (tertiary/aromatic N) is 3. The van der Waals surface area contributed by atoms with E-state index in [4.69, 9.17) is 5.73 Å². The van der Waals surface area contributed by atoms with Crippen LogP contribution in [-0.4, -0.2) is 14.5 Å². The molecule has 0 saturated heterocycles. The Morgan fingerprint density at radius 3 is 2.47 bits per heavy atom. The summed E-state index contributed by atoms with van der Waals surface area (Å²) >= 11 is 0. The van der Waals surface area contributed by atoms with Crippen molar-refractivity contribution in [3.8, 4) is 0 Å². The van der Waals surface area contributed by atoms with Crippen molar-refractivity contribution in [2.24, 2.45) is 0 Å². The molecule has 0 fully saturated rings. The Morgan fingerprint density at radius 1 is 1.20 bits per heavy atom. The summed E-state index contributed by atoms with van der Waals surface area (Å²) in [7, 11) is 0. The molecule has 2 rings (SSSR count). The fraction of sp³-hybridized carbons (Fsp3) is 0.455. The van der Waals surface area contributed by atoms with Gasteiger partial charge >= 0.3 is 0 Å². The zero-order valence-corrected chi connectivity index (χ0v) is 9.63. The minimum atomic E-state index is 0.588. The van der Waals surface area contributed by atoms with Crippen LogP contribution >= 0.6 is 0 Å². The average Bonchev–Trinajstić information content (AvgIpc) is 2.39. The second kappa shape index (κ2) is 3.22. The lowest BCUT2D eigenvalue weighted by Gasteiger charge is -2.03. The minimum Gasteiger partial charge on any atom is -0.383 e. The smallest absolute Gasteiger partial charge is 0.146 e. The molecule has 4 nitrogen and oxygen atoms in total. The SMILES string of the molecule is CCn1c(C)c(C)c2c(N)nc(C)nc21. The van der Waals surface area contributed by atoms with Gasteiger partial charge in [-0.15, -0.1) is 0 Å². The summed E-state index contributed by atoms with van der Waals surface area (Å²) in [4.78, 5) is 8.67. The Bertz CT molecular complexity index is 525. The normalized spacial score (nSPS) is 11.2. The van der Waals surface area contributed by atoms with Gasteiger partial charge in [0, 0.05) is 12.2 Å². The van der Waals surface area contributed by atoms with Crippen LogP contribution in [0.2, 0.25) is 0 Å². The van der Waals surface area contributed by atoms with Gasteiger partial charge in [-0.1, -0.05) is 0 Å². The molecule has 4 heteroatoms. The van der Waals surface area contributed by atoms with Gasteiger partial charge in [0.1, 0.15) is 17.3 Å². The predicted octanol–water partition coefficient (Wildman–Crippen LogP) is 1.96. The maximum Gasteiger partial charge on any atom is 0.146 e.